The molecule has 0 fully saturated rings. The van der Waals surface area contributed by atoms with Crippen LogP contribution in [0.1, 0.15) is 29.8 Å². The first-order valence-corrected chi connectivity index (χ1v) is 5.94. The van der Waals surface area contributed by atoms with Crippen LogP contribution in [0.15, 0.2) is 23.4 Å². The topological polar surface area (TPSA) is 108 Å². The molecule has 0 aliphatic carbocycles. The summed E-state index contributed by atoms with van der Waals surface area (Å²) in [7, 11) is 0. The first-order valence-electron chi connectivity index (χ1n) is 5.94. The van der Waals surface area contributed by atoms with E-state index < -0.39 is 6.04 Å². The first kappa shape index (κ1) is 14.8. The van der Waals surface area contributed by atoms with Crippen molar-refractivity contribution >= 4 is 11.7 Å². The summed E-state index contributed by atoms with van der Waals surface area (Å²) in [6.45, 7) is 5.43. The minimum absolute atomic E-state index is 0.0288. The fourth-order valence-electron chi connectivity index (χ4n) is 1.62. The summed E-state index contributed by atoms with van der Waals surface area (Å²) < 4.78 is 0. The molecule has 1 aromatic rings. The highest BCUT2D eigenvalue weighted by Crippen LogP contribution is 2.17. The monoisotopic (exact) mass is 265 g/mol. The van der Waals surface area contributed by atoms with Gasteiger partial charge in [0, 0.05) is 5.56 Å². The third-order valence-corrected chi connectivity index (χ3v) is 2.86. The number of rotatable bonds is 4. The van der Waals surface area contributed by atoms with E-state index in [0.29, 0.717) is 11.1 Å². The van der Waals surface area contributed by atoms with Gasteiger partial charge in [0.05, 0.1) is 6.04 Å². The number of aryl methyl sites for hydroxylation is 1. The number of phenols is 1. The quantitative estimate of drug-likeness (QED) is 0.284. The summed E-state index contributed by atoms with van der Waals surface area (Å²) >= 11 is 0. The average Bonchev–Trinajstić information content (AvgIpc) is 2.37. The van der Waals surface area contributed by atoms with Crippen LogP contribution in [0.4, 0.5) is 0 Å². The fourth-order valence-corrected chi connectivity index (χ4v) is 1.62. The number of nitrogens with two attached hydrogens (primary N) is 1. The van der Waals surface area contributed by atoms with Gasteiger partial charge in [0.1, 0.15) is 5.75 Å². The number of carbonyl (C=O) groups is 1. The molecule has 104 valence electrons. The maximum atomic E-state index is 12.0. The molecule has 1 amide bonds. The zero-order valence-electron chi connectivity index (χ0n) is 11.2. The standard InChI is InChI=1S/C13H19N3O3/c1-7(2)11(12(14)16-19)15-13(18)9-5-4-8(3)10(17)6-9/h4-7,11,17,19H,1-3H3,(H2,14,16)(H,15,18). The maximum absolute atomic E-state index is 12.0. The number of amidine groups is 1. The van der Waals surface area contributed by atoms with Crippen LogP contribution in [0, 0.1) is 12.8 Å². The van der Waals surface area contributed by atoms with E-state index in [2.05, 4.69) is 10.5 Å². The van der Waals surface area contributed by atoms with Crippen molar-refractivity contribution in [2.75, 3.05) is 0 Å². The van der Waals surface area contributed by atoms with E-state index in [1.807, 2.05) is 13.8 Å². The number of nitrogens with one attached hydrogen (secondary N) is 1. The van der Waals surface area contributed by atoms with Gasteiger partial charge in [-0.3, -0.25) is 4.79 Å². The molecule has 0 saturated carbocycles. The third-order valence-electron chi connectivity index (χ3n) is 2.86. The lowest BCUT2D eigenvalue weighted by Gasteiger charge is -2.21. The number of aromatic hydroxyl groups is 1. The van der Waals surface area contributed by atoms with Crippen molar-refractivity contribution in [3.8, 4) is 5.75 Å². The van der Waals surface area contributed by atoms with Crippen molar-refractivity contribution in [2.45, 2.75) is 26.8 Å². The Bertz CT molecular complexity index is 498. The van der Waals surface area contributed by atoms with Gasteiger partial charge in [-0.2, -0.15) is 0 Å². The van der Waals surface area contributed by atoms with Crippen LogP contribution in [0.25, 0.3) is 0 Å². The van der Waals surface area contributed by atoms with E-state index in [0.717, 1.165) is 0 Å². The zero-order chi connectivity index (χ0) is 14.6. The Hall–Kier alpha value is -2.24. The van der Waals surface area contributed by atoms with Gasteiger partial charge in [-0.1, -0.05) is 25.1 Å². The van der Waals surface area contributed by atoms with Gasteiger partial charge in [0.2, 0.25) is 0 Å². The smallest absolute Gasteiger partial charge is 0.252 e. The number of hydrogen-bond donors (Lipinski definition) is 4. The number of oxime groups is 1. The predicted octanol–water partition coefficient (Wildman–Crippen LogP) is 1.20. The van der Waals surface area contributed by atoms with Gasteiger partial charge in [-0.05, 0) is 30.5 Å². The second-order valence-corrected chi connectivity index (χ2v) is 4.72. The molecule has 0 aliphatic heterocycles. The van der Waals surface area contributed by atoms with Crippen molar-refractivity contribution in [3.05, 3.63) is 29.3 Å². The summed E-state index contributed by atoms with van der Waals surface area (Å²) in [4.78, 5) is 12.0. The van der Waals surface area contributed by atoms with Gasteiger partial charge in [-0.25, -0.2) is 0 Å². The predicted molar refractivity (Wildman–Crippen MR) is 72.3 cm³/mol. The molecule has 0 aromatic heterocycles. The zero-order valence-corrected chi connectivity index (χ0v) is 11.2. The van der Waals surface area contributed by atoms with Crippen LogP contribution in [-0.4, -0.2) is 28.1 Å². The van der Waals surface area contributed by atoms with Gasteiger partial charge < -0.3 is 21.4 Å². The molecule has 0 spiro atoms. The van der Waals surface area contributed by atoms with Crippen molar-refractivity contribution in [3.63, 3.8) is 0 Å². The van der Waals surface area contributed by atoms with Gasteiger partial charge in [0.15, 0.2) is 5.84 Å². The van der Waals surface area contributed by atoms with Crippen LogP contribution in [-0.2, 0) is 0 Å². The number of phenolic OH excluding ortho intramolecular Hbond substituents is 1. The molecule has 0 aliphatic rings. The summed E-state index contributed by atoms with van der Waals surface area (Å²) in [5.74, 6) is -0.420. The molecule has 6 heteroatoms. The Morgan fingerprint density at radius 3 is 2.53 bits per heavy atom. The van der Waals surface area contributed by atoms with E-state index >= 15 is 0 Å². The van der Waals surface area contributed by atoms with E-state index in [9.17, 15) is 9.90 Å². The maximum Gasteiger partial charge on any atom is 0.252 e. The number of benzene rings is 1. The third kappa shape index (κ3) is 3.61. The van der Waals surface area contributed by atoms with E-state index in [4.69, 9.17) is 10.9 Å². The lowest BCUT2D eigenvalue weighted by atomic mass is 10.0. The minimum Gasteiger partial charge on any atom is -0.508 e. The molecular weight excluding hydrogens is 246 g/mol. The van der Waals surface area contributed by atoms with Crippen LogP contribution < -0.4 is 11.1 Å². The Morgan fingerprint density at radius 1 is 1.42 bits per heavy atom. The lowest BCUT2D eigenvalue weighted by Crippen LogP contribution is -2.47. The molecule has 1 unspecified atom stereocenters. The lowest BCUT2D eigenvalue weighted by molar-refractivity contribution is 0.0938. The Labute approximate surface area is 111 Å². The molecule has 1 aromatic carbocycles. The SMILES string of the molecule is Cc1ccc(C(=O)NC(C(N)=NO)C(C)C)cc1O. The van der Waals surface area contributed by atoms with Crippen molar-refractivity contribution in [1.82, 2.24) is 5.32 Å². The van der Waals surface area contributed by atoms with Crippen molar-refractivity contribution in [1.29, 1.82) is 0 Å². The van der Waals surface area contributed by atoms with E-state index in [-0.39, 0.29) is 23.4 Å². The van der Waals surface area contributed by atoms with Crippen LogP contribution in [0.2, 0.25) is 0 Å². The van der Waals surface area contributed by atoms with Crippen molar-refractivity contribution < 1.29 is 15.1 Å². The van der Waals surface area contributed by atoms with Crippen molar-refractivity contribution in [2.24, 2.45) is 16.8 Å². The molecule has 6 nitrogen and oxygen atoms in total. The Kier molecular flexibility index (Phi) is 4.74. The van der Waals surface area contributed by atoms with Crippen LogP contribution in [0.3, 0.4) is 0 Å². The highest BCUT2D eigenvalue weighted by Gasteiger charge is 2.21. The molecule has 5 N–H and O–H groups in total. The fraction of sp³-hybridized carbons (Fsp3) is 0.385. The second-order valence-electron chi connectivity index (χ2n) is 4.72. The normalized spacial score (nSPS) is 13.4. The molecular formula is C13H19N3O3. The molecule has 1 atom stereocenters. The number of amides is 1. The second kappa shape index (κ2) is 6.08. The van der Waals surface area contributed by atoms with E-state index in [1.54, 1.807) is 19.1 Å². The van der Waals surface area contributed by atoms with Gasteiger partial charge in [-0.15, -0.1) is 0 Å². The highest BCUT2D eigenvalue weighted by molar-refractivity contribution is 5.98. The first-order chi connectivity index (χ1) is 8.86. The van der Waals surface area contributed by atoms with Crippen LogP contribution >= 0.6 is 0 Å². The summed E-state index contributed by atoms with van der Waals surface area (Å²) in [5.41, 5.74) is 6.54. The average molecular weight is 265 g/mol. The highest BCUT2D eigenvalue weighted by atomic mass is 16.4. The largest absolute Gasteiger partial charge is 0.508 e. The molecule has 1 rings (SSSR count). The Balaban J connectivity index is 2.91. The molecule has 0 saturated heterocycles. The van der Waals surface area contributed by atoms with Gasteiger partial charge in [0.25, 0.3) is 5.91 Å². The van der Waals surface area contributed by atoms with E-state index in [1.165, 1.54) is 6.07 Å². The summed E-state index contributed by atoms with van der Waals surface area (Å²) in [6, 6.07) is 4.07. The summed E-state index contributed by atoms with van der Waals surface area (Å²) in [6.07, 6.45) is 0. The van der Waals surface area contributed by atoms with Gasteiger partial charge >= 0.3 is 0 Å². The summed E-state index contributed by atoms with van der Waals surface area (Å²) in [5, 5.41) is 23.9. The Morgan fingerprint density at radius 2 is 2.05 bits per heavy atom. The molecule has 0 radical (unpaired) electrons. The number of nitrogens with zero attached hydrogens (tertiary/aromatic N) is 1. The number of carbonyl (C=O) groups excluding carboxylic acids is 1. The minimum atomic E-state index is -0.569. The van der Waals surface area contributed by atoms with Crippen LogP contribution in [0.5, 0.6) is 5.75 Å². The molecule has 0 bridgehead atoms. The molecule has 19 heavy (non-hydrogen) atoms. The number of hydrogen-bond acceptors (Lipinski definition) is 4. The molecule has 0 heterocycles.